The Bertz CT molecular complexity index is 886. The Balaban J connectivity index is 2.53. The van der Waals surface area contributed by atoms with E-state index in [1.807, 2.05) is 39.8 Å². The Labute approximate surface area is 171 Å². The van der Waals surface area contributed by atoms with Gasteiger partial charge < -0.3 is 9.84 Å². The largest absolute Gasteiger partial charge is 0.507 e. The van der Waals surface area contributed by atoms with Crippen LogP contribution in [0.15, 0.2) is 46.9 Å². The summed E-state index contributed by atoms with van der Waals surface area (Å²) < 4.78 is 5.54. The van der Waals surface area contributed by atoms with Crippen molar-refractivity contribution < 1.29 is 19.4 Å². The zero-order chi connectivity index (χ0) is 21.1. The average Bonchev–Trinajstić information content (AvgIpc) is 2.68. The second-order valence-corrected chi connectivity index (χ2v) is 7.32. The summed E-state index contributed by atoms with van der Waals surface area (Å²) in [6, 6.07) is 5.45. The normalized spacial score (nSPS) is 16.9. The van der Waals surface area contributed by atoms with Crippen LogP contribution in [-0.4, -0.2) is 23.8 Å². The first-order chi connectivity index (χ1) is 13.3. The Kier molecular flexibility index (Phi) is 6.89. The summed E-state index contributed by atoms with van der Waals surface area (Å²) in [7, 11) is 1.50. The fourth-order valence-electron chi connectivity index (χ4n) is 3.73. The molecule has 0 aliphatic heterocycles. The summed E-state index contributed by atoms with van der Waals surface area (Å²) in [6.07, 6.45) is 4.33. The van der Waals surface area contributed by atoms with E-state index < -0.39 is 11.2 Å². The van der Waals surface area contributed by atoms with Gasteiger partial charge in [0, 0.05) is 10.6 Å². The first-order valence-corrected chi connectivity index (χ1v) is 9.89. The van der Waals surface area contributed by atoms with Gasteiger partial charge in [-0.3, -0.25) is 9.59 Å². The standard InChI is InChI=1S/C23H27ClO4/c1-6-16-20(26)19(21(27)23(7-2,8-3)22(16)28-5)18(25)12-11-15-10-9-14(4)17(24)13-15/h9-13,26H,6-8H2,1-5H3/b12-11+. The van der Waals surface area contributed by atoms with E-state index in [0.717, 1.165) is 11.1 Å². The van der Waals surface area contributed by atoms with Crippen molar-refractivity contribution in [3.63, 3.8) is 0 Å². The molecule has 1 aromatic carbocycles. The van der Waals surface area contributed by atoms with Gasteiger partial charge in [0.2, 0.25) is 0 Å². The van der Waals surface area contributed by atoms with Crippen LogP contribution < -0.4 is 0 Å². The molecule has 0 aromatic heterocycles. The summed E-state index contributed by atoms with van der Waals surface area (Å²) in [4.78, 5) is 26.2. The molecule has 0 heterocycles. The van der Waals surface area contributed by atoms with E-state index >= 15 is 0 Å². The van der Waals surface area contributed by atoms with Crippen LogP contribution in [0.4, 0.5) is 0 Å². The number of benzene rings is 1. The van der Waals surface area contributed by atoms with E-state index in [0.29, 0.717) is 35.6 Å². The van der Waals surface area contributed by atoms with Crippen LogP contribution in [-0.2, 0) is 14.3 Å². The van der Waals surface area contributed by atoms with E-state index in [4.69, 9.17) is 16.3 Å². The monoisotopic (exact) mass is 402 g/mol. The molecule has 5 heteroatoms. The number of aliphatic hydroxyl groups is 1. The van der Waals surface area contributed by atoms with Gasteiger partial charge in [0.15, 0.2) is 11.6 Å². The molecule has 150 valence electrons. The van der Waals surface area contributed by atoms with Gasteiger partial charge in [-0.1, -0.05) is 50.6 Å². The van der Waals surface area contributed by atoms with Crippen LogP contribution in [0.5, 0.6) is 0 Å². The number of allylic oxidation sites excluding steroid dienone is 4. The number of rotatable bonds is 7. The van der Waals surface area contributed by atoms with E-state index in [1.165, 1.54) is 13.2 Å². The van der Waals surface area contributed by atoms with Crippen molar-refractivity contribution in [2.24, 2.45) is 5.41 Å². The van der Waals surface area contributed by atoms with E-state index in [1.54, 1.807) is 12.1 Å². The maximum absolute atomic E-state index is 13.3. The predicted molar refractivity (Wildman–Crippen MR) is 112 cm³/mol. The molecule has 0 unspecified atom stereocenters. The van der Waals surface area contributed by atoms with Gasteiger partial charge in [0.05, 0.1) is 12.5 Å². The number of hydrogen-bond acceptors (Lipinski definition) is 4. The molecule has 1 aliphatic rings. The summed E-state index contributed by atoms with van der Waals surface area (Å²) in [5.74, 6) is -0.723. The molecule has 1 aromatic rings. The molecule has 2 rings (SSSR count). The van der Waals surface area contributed by atoms with E-state index in [9.17, 15) is 14.7 Å². The highest BCUT2D eigenvalue weighted by Gasteiger charge is 2.49. The van der Waals surface area contributed by atoms with E-state index in [2.05, 4.69) is 0 Å². The number of Topliss-reactive ketones (excluding diaryl/α,β-unsaturated/α-hetero) is 1. The maximum atomic E-state index is 13.3. The smallest absolute Gasteiger partial charge is 0.193 e. The van der Waals surface area contributed by atoms with Crippen LogP contribution in [0, 0.1) is 12.3 Å². The molecule has 0 saturated carbocycles. The number of aliphatic hydroxyl groups excluding tert-OH is 1. The quantitative estimate of drug-likeness (QED) is 0.466. The van der Waals surface area contributed by atoms with E-state index in [-0.39, 0.29) is 17.1 Å². The lowest BCUT2D eigenvalue weighted by Gasteiger charge is -2.37. The lowest BCUT2D eigenvalue weighted by molar-refractivity contribution is -0.128. The predicted octanol–water partition coefficient (Wildman–Crippen LogP) is 5.74. The van der Waals surface area contributed by atoms with Crippen LogP contribution in [0.25, 0.3) is 6.08 Å². The lowest BCUT2D eigenvalue weighted by Crippen LogP contribution is -2.40. The Morgan fingerprint density at radius 2 is 1.89 bits per heavy atom. The van der Waals surface area contributed by atoms with Crippen molar-refractivity contribution in [1.82, 2.24) is 0 Å². The van der Waals surface area contributed by atoms with Crippen LogP contribution in [0.2, 0.25) is 5.02 Å². The number of halogens is 1. The van der Waals surface area contributed by atoms with Crippen LogP contribution in [0.3, 0.4) is 0 Å². The molecule has 0 amide bonds. The molecule has 0 radical (unpaired) electrons. The van der Waals surface area contributed by atoms with Gasteiger partial charge in [-0.15, -0.1) is 0 Å². The minimum absolute atomic E-state index is 0.171. The summed E-state index contributed by atoms with van der Waals surface area (Å²) in [5, 5.41) is 11.3. The highest BCUT2D eigenvalue weighted by atomic mass is 35.5. The molecule has 1 N–H and O–H groups in total. The SMILES string of the molecule is CCC1=C(OC)C(CC)(CC)C(=O)C(C(=O)/C=C/c2ccc(C)c(Cl)c2)=C1O. The van der Waals surface area contributed by atoms with Gasteiger partial charge in [0.1, 0.15) is 17.1 Å². The van der Waals surface area contributed by atoms with Crippen molar-refractivity contribution in [2.75, 3.05) is 7.11 Å². The lowest BCUT2D eigenvalue weighted by atomic mass is 9.68. The second kappa shape index (κ2) is 8.78. The summed E-state index contributed by atoms with van der Waals surface area (Å²) in [6.45, 7) is 7.54. The molecule has 0 saturated heterocycles. The molecule has 0 spiro atoms. The molecular weight excluding hydrogens is 376 g/mol. The third kappa shape index (κ3) is 3.66. The maximum Gasteiger partial charge on any atom is 0.193 e. The number of carbonyl (C=O) groups excluding carboxylic acids is 2. The molecule has 0 atom stereocenters. The molecule has 28 heavy (non-hydrogen) atoms. The van der Waals surface area contributed by atoms with Gasteiger partial charge in [-0.05, 0) is 49.5 Å². The topological polar surface area (TPSA) is 63.6 Å². The van der Waals surface area contributed by atoms with Gasteiger partial charge in [-0.2, -0.15) is 0 Å². The molecule has 1 aliphatic carbocycles. The van der Waals surface area contributed by atoms with Crippen LogP contribution >= 0.6 is 11.6 Å². The molecule has 4 nitrogen and oxygen atoms in total. The molecule has 0 bridgehead atoms. The first kappa shape index (κ1) is 22.0. The number of hydrogen-bond donors (Lipinski definition) is 1. The number of aryl methyl sites for hydroxylation is 1. The highest BCUT2D eigenvalue weighted by Crippen LogP contribution is 2.46. The van der Waals surface area contributed by atoms with Gasteiger partial charge in [0.25, 0.3) is 0 Å². The van der Waals surface area contributed by atoms with Crippen LogP contribution in [0.1, 0.15) is 51.2 Å². The highest BCUT2D eigenvalue weighted by molar-refractivity contribution is 6.31. The number of methoxy groups -OCH3 is 1. The Morgan fingerprint density at radius 1 is 1.25 bits per heavy atom. The zero-order valence-corrected chi connectivity index (χ0v) is 17.8. The molecular formula is C23H27ClO4. The Morgan fingerprint density at radius 3 is 2.39 bits per heavy atom. The van der Waals surface area contributed by atoms with Crippen molar-refractivity contribution in [3.8, 4) is 0 Å². The third-order valence-electron chi connectivity index (χ3n) is 5.53. The number of ether oxygens (including phenoxy) is 1. The van der Waals surface area contributed by atoms with Gasteiger partial charge >= 0.3 is 0 Å². The first-order valence-electron chi connectivity index (χ1n) is 9.51. The average molecular weight is 403 g/mol. The number of ketones is 2. The fraction of sp³-hybridized carbons (Fsp3) is 0.391. The second-order valence-electron chi connectivity index (χ2n) is 6.91. The zero-order valence-electron chi connectivity index (χ0n) is 17.1. The summed E-state index contributed by atoms with van der Waals surface area (Å²) in [5.41, 5.74) is 1.09. The van der Waals surface area contributed by atoms with Crippen molar-refractivity contribution in [1.29, 1.82) is 0 Å². The Hall–Kier alpha value is -2.33. The minimum atomic E-state index is -0.932. The number of carbonyl (C=O) groups is 2. The molecule has 0 fully saturated rings. The summed E-state index contributed by atoms with van der Waals surface area (Å²) >= 11 is 6.13. The van der Waals surface area contributed by atoms with Gasteiger partial charge in [-0.25, -0.2) is 0 Å². The van der Waals surface area contributed by atoms with Crippen molar-refractivity contribution in [3.05, 3.63) is 63.1 Å². The van der Waals surface area contributed by atoms with Crippen molar-refractivity contribution >= 4 is 29.2 Å². The third-order valence-corrected chi connectivity index (χ3v) is 5.93. The van der Waals surface area contributed by atoms with Crippen molar-refractivity contribution in [2.45, 2.75) is 47.0 Å². The minimum Gasteiger partial charge on any atom is -0.507 e. The fourth-order valence-corrected chi connectivity index (χ4v) is 3.92.